The van der Waals surface area contributed by atoms with Crippen LogP contribution in [0.15, 0.2) is 188 Å². The first kappa shape index (κ1) is 28.8. The lowest BCUT2D eigenvalue weighted by atomic mass is 9.97. The molecule has 50 heavy (non-hydrogen) atoms. The Morgan fingerprint density at radius 3 is 1.78 bits per heavy atom. The highest BCUT2D eigenvalue weighted by Crippen LogP contribution is 2.43. The van der Waals surface area contributed by atoms with Gasteiger partial charge < -0.3 is 4.90 Å². The molecule has 0 aliphatic carbocycles. The summed E-state index contributed by atoms with van der Waals surface area (Å²) in [5.74, 6) is 0. The second-order valence-corrected chi connectivity index (χ2v) is 14.0. The van der Waals surface area contributed by atoms with Gasteiger partial charge >= 0.3 is 0 Å². The molecule has 0 atom stereocenters. The van der Waals surface area contributed by atoms with Gasteiger partial charge in [-0.1, -0.05) is 140 Å². The van der Waals surface area contributed by atoms with Gasteiger partial charge in [-0.25, -0.2) is 0 Å². The van der Waals surface area contributed by atoms with Crippen LogP contribution in [0, 0.1) is 0 Å². The van der Waals surface area contributed by atoms with Crippen LogP contribution in [0.1, 0.15) is 0 Å². The number of nitrogens with zero attached hydrogens (tertiary/aromatic N) is 1. The van der Waals surface area contributed by atoms with Crippen LogP contribution in [-0.4, -0.2) is 0 Å². The first-order valence-electron chi connectivity index (χ1n) is 17.1. The van der Waals surface area contributed by atoms with E-state index < -0.39 is 0 Å². The molecule has 9 aromatic carbocycles. The van der Waals surface area contributed by atoms with E-state index in [1.165, 1.54) is 74.7 Å². The Kier molecular flexibility index (Phi) is 6.75. The third kappa shape index (κ3) is 4.84. The maximum atomic E-state index is 2.40. The molecular formula is C48H31NS. The van der Waals surface area contributed by atoms with Crippen LogP contribution in [0.4, 0.5) is 17.1 Å². The molecule has 0 fully saturated rings. The Morgan fingerprint density at radius 2 is 0.880 bits per heavy atom. The summed E-state index contributed by atoms with van der Waals surface area (Å²) in [4.78, 5) is 2.40. The maximum absolute atomic E-state index is 2.40. The summed E-state index contributed by atoms with van der Waals surface area (Å²) in [7, 11) is 0. The van der Waals surface area contributed by atoms with Crippen molar-refractivity contribution in [2.75, 3.05) is 4.90 Å². The fourth-order valence-corrected chi connectivity index (χ4v) is 8.76. The quantitative estimate of drug-likeness (QED) is 0.167. The average Bonchev–Trinajstić information content (AvgIpc) is 3.58. The largest absolute Gasteiger partial charge is 0.310 e. The lowest BCUT2D eigenvalue weighted by Crippen LogP contribution is -2.10. The number of fused-ring (bicyclic) bond motifs is 8. The molecule has 10 rings (SSSR count). The molecule has 0 saturated carbocycles. The van der Waals surface area contributed by atoms with Gasteiger partial charge in [0.25, 0.3) is 0 Å². The van der Waals surface area contributed by atoms with Crippen molar-refractivity contribution < 1.29 is 0 Å². The summed E-state index contributed by atoms with van der Waals surface area (Å²) in [5.41, 5.74) is 8.20. The number of hydrogen-bond donors (Lipinski definition) is 0. The van der Waals surface area contributed by atoms with Crippen LogP contribution in [0.25, 0.3) is 74.7 Å². The van der Waals surface area contributed by atoms with Crippen LogP contribution in [-0.2, 0) is 0 Å². The predicted molar refractivity (Wildman–Crippen MR) is 217 cm³/mol. The Hall–Kier alpha value is -6.22. The van der Waals surface area contributed by atoms with E-state index in [4.69, 9.17) is 0 Å². The topological polar surface area (TPSA) is 3.24 Å². The first-order chi connectivity index (χ1) is 24.8. The highest BCUT2D eigenvalue weighted by Gasteiger charge is 2.16. The van der Waals surface area contributed by atoms with Crippen molar-refractivity contribution in [3.05, 3.63) is 188 Å². The zero-order valence-electron chi connectivity index (χ0n) is 27.3. The summed E-state index contributed by atoms with van der Waals surface area (Å²) in [5, 5.41) is 10.3. The normalized spacial score (nSPS) is 11.6. The van der Waals surface area contributed by atoms with Gasteiger partial charge in [-0.2, -0.15) is 0 Å². The Labute approximate surface area is 294 Å². The third-order valence-electron chi connectivity index (χ3n) is 10.0. The number of thiophene rings is 1. The van der Waals surface area contributed by atoms with Gasteiger partial charge in [0.1, 0.15) is 0 Å². The Balaban J connectivity index is 1.11. The van der Waals surface area contributed by atoms with E-state index in [0.29, 0.717) is 0 Å². The maximum Gasteiger partial charge on any atom is 0.0468 e. The summed E-state index contributed by atoms with van der Waals surface area (Å²) >= 11 is 1.89. The predicted octanol–water partition coefficient (Wildman–Crippen LogP) is 14.3. The molecule has 0 spiro atoms. The van der Waals surface area contributed by atoms with Crippen LogP contribution in [0.2, 0.25) is 0 Å². The van der Waals surface area contributed by atoms with Gasteiger partial charge in [0.15, 0.2) is 0 Å². The number of anilines is 3. The van der Waals surface area contributed by atoms with Crippen molar-refractivity contribution in [2.24, 2.45) is 0 Å². The molecule has 0 unspecified atom stereocenters. The van der Waals surface area contributed by atoms with Gasteiger partial charge in [0, 0.05) is 42.6 Å². The number of rotatable bonds is 5. The van der Waals surface area contributed by atoms with Crippen LogP contribution in [0.5, 0.6) is 0 Å². The van der Waals surface area contributed by atoms with Crippen molar-refractivity contribution in [1.29, 1.82) is 0 Å². The molecule has 0 bridgehead atoms. The summed E-state index contributed by atoms with van der Waals surface area (Å²) in [6.07, 6.45) is 0. The molecule has 2 heteroatoms. The highest BCUT2D eigenvalue weighted by molar-refractivity contribution is 7.26. The van der Waals surface area contributed by atoms with Gasteiger partial charge in [0.2, 0.25) is 0 Å². The van der Waals surface area contributed by atoms with E-state index in [0.717, 1.165) is 17.1 Å². The van der Waals surface area contributed by atoms with E-state index in [1.54, 1.807) is 0 Å². The molecular weight excluding hydrogens is 623 g/mol. The molecule has 0 saturated heterocycles. The van der Waals surface area contributed by atoms with Crippen LogP contribution < -0.4 is 4.90 Å². The lowest BCUT2D eigenvalue weighted by Gasteiger charge is -2.26. The molecule has 0 radical (unpaired) electrons. The van der Waals surface area contributed by atoms with E-state index in [9.17, 15) is 0 Å². The third-order valence-corrected chi connectivity index (χ3v) is 11.2. The van der Waals surface area contributed by atoms with Crippen molar-refractivity contribution in [3.8, 4) is 22.3 Å². The molecule has 0 aliphatic heterocycles. The van der Waals surface area contributed by atoms with Crippen molar-refractivity contribution in [3.63, 3.8) is 0 Å². The van der Waals surface area contributed by atoms with E-state index in [-0.39, 0.29) is 0 Å². The van der Waals surface area contributed by atoms with Crippen molar-refractivity contribution >= 4 is 80.9 Å². The van der Waals surface area contributed by atoms with E-state index in [1.807, 2.05) is 11.3 Å². The fraction of sp³-hybridized carbons (Fsp3) is 0. The standard InChI is InChI=1S/C48H31NS/c1-2-9-32(10-3-1)36-12-8-13-40(30-36)49(41-26-21-35-22-28-45-44-15-6-7-16-47(44)50-48(45)46(35)31-41)39-24-19-33(20-25-39)37-23-27-43-38(29-37)18-17-34-11-4-5-14-42(34)43/h1-31H. The second-order valence-electron chi connectivity index (χ2n) is 13.0. The minimum absolute atomic E-state index is 1.12. The summed E-state index contributed by atoms with van der Waals surface area (Å²) in [6, 6.07) is 68.7. The van der Waals surface area contributed by atoms with Crippen LogP contribution in [0.3, 0.4) is 0 Å². The Bertz CT molecular complexity index is 2870. The molecule has 1 nitrogen and oxygen atoms in total. The fourth-order valence-electron chi connectivity index (χ4n) is 7.53. The molecule has 0 aliphatic rings. The molecule has 1 heterocycles. The lowest BCUT2D eigenvalue weighted by molar-refractivity contribution is 1.29. The summed E-state index contributed by atoms with van der Waals surface area (Å²) in [6.45, 7) is 0. The van der Waals surface area contributed by atoms with Gasteiger partial charge in [-0.15, -0.1) is 11.3 Å². The minimum atomic E-state index is 1.12. The summed E-state index contributed by atoms with van der Waals surface area (Å²) < 4.78 is 2.66. The van der Waals surface area contributed by atoms with Crippen LogP contribution >= 0.6 is 11.3 Å². The van der Waals surface area contributed by atoms with Crippen molar-refractivity contribution in [2.45, 2.75) is 0 Å². The second kappa shape index (κ2) is 11.7. The Morgan fingerprint density at radius 1 is 0.300 bits per heavy atom. The van der Waals surface area contributed by atoms with Crippen molar-refractivity contribution in [1.82, 2.24) is 0 Å². The smallest absolute Gasteiger partial charge is 0.0468 e. The minimum Gasteiger partial charge on any atom is -0.310 e. The molecule has 234 valence electrons. The SMILES string of the molecule is c1ccc(-c2cccc(N(c3ccc(-c4ccc5c(ccc6ccccc65)c4)cc3)c3ccc4ccc5c6ccccc6sc5c4c3)c2)cc1. The molecule has 10 aromatic rings. The number of hydrogen-bond acceptors (Lipinski definition) is 2. The molecule has 0 amide bonds. The zero-order chi connectivity index (χ0) is 33.0. The average molecular weight is 654 g/mol. The zero-order valence-corrected chi connectivity index (χ0v) is 28.1. The number of benzene rings is 9. The van der Waals surface area contributed by atoms with E-state index >= 15 is 0 Å². The first-order valence-corrected chi connectivity index (χ1v) is 17.9. The monoisotopic (exact) mass is 653 g/mol. The van der Waals surface area contributed by atoms with Gasteiger partial charge in [0.05, 0.1) is 0 Å². The van der Waals surface area contributed by atoms with E-state index in [2.05, 4.69) is 193 Å². The van der Waals surface area contributed by atoms with Gasteiger partial charge in [-0.05, 0) is 97.7 Å². The molecule has 0 N–H and O–H groups in total. The molecule has 1 aromatic heterocycles. The van der Waals surface area contributed by atoms with Gasteiger partial charge in [-0.3, -0.25) is 0 Å². The highest BCUT2D eigenvalue weighted by atomic mass is 32.1.